The van der Waals surface area contributed by atoms with E-state index in [-0.39, 0.29) is 0 Å². The van der Waals surface area contributed by atoms with Gasteiger partial charge in [-0.1, -0.05) is 0 Å². The van der Waals surface area contributed by atoms with Crippen molar-refractivity contribution in [2.75, 3.05) is 0 Å². The molecule has 0 N–H and O–H groups in total. The van der Waals surface area contributed by atoms with Crippen LogP contribution in [0.25, 0.3) is 0 Å². The van der Waals surface area contributed by atoms with Gasteiger partial charge in [-0.25, -0.2) is 0 Å². The molecular formula is C7H19InSi. The topological polar surface area (TPSA) is 0 Å². The molecule has 0 aliphatic heterocycles. The zero-order chi connectivity index (χ0) is 7.49. The Hall–Kier alpha value is 1.09. The van der Waals surface area contributed by atoms with Gasteiger partial charge < -0.3 is 0 Å². The third-order valence-electron chi connectivity index (χ3n) is 1.66. The van der Waals surface area contributed by atoms with E-state index in [4.69, 9.17) is 0 Å². The predicted octanol–water partition coefficient (Wildman–Crippen LogP) is 1.41. The van der Waals surface area contributed by atoms with Crippen molar-refractivity contribution in [2.24, 2.45) is 5.41 Å². The van der Waals surface area contributed by atoms with E-state index < -0.39 is 20.6 Å². The fourth-order valence-electron chi connectivity index (χ4n) is 1.19. The van der Waals surface area contributed by atoms with Crippen LogP contribution in [0.3, 0.4) is 0 Å². The summed E-state index contributed by atoms with van der Waals surface area (Å²) in [4.78, 5) is 0. The van der Waals surface area contributed by atoms with Crippen molar-refractivity contribution in [3.63, 3.8) is 0 Å². The molecule has 0 aliphatic rings. The van der Waals surface area contributed by atoms with Crippen LogP contribution in [0.15, 0.2) is 0 Å². The van der Waals surface area contributed by atoms with E-state index in [1.54, 1.807) is 15.8 Å². The van der Waals surface area contributed by atoms with E-state index in [2.05, 4.69) is 27.7 Å². The molecule has 2 heteroatoms. The third-order valence-corrected chi connectivity index (χ3v) is 19.3. The van der Waals surface area contributed by atoms with Crippen LogP contribution in [0.4, 0.5) is 0 Å². The fourth-order valence-corrected chi connectivity index (χ4v) is 16.2. The van der Waals surface area contributed by atoms with E-state index >= 15 is 0 Å². The Morgan fingerprint density at radius 3 is 1.89 bits per heavy atom. The van der Waals surface area contributed by atoms with E-state index in [1.807, 2.05) is 0 Å². The molecule has 0 rings (SSSR count). The van der Waals surface area contributed by atoms with Crippen LogP contribution < -0.4 is 0 Å². The molecule has 0 bridgehead atoms. The van der Waals surface area contributed by atoms with Crippen molar-refractivity contribution in [2.45, 2.75) is 36.0 Å². The first-order valence-electron chi connectivity index (χ1n) is 3.95. The van der Waals surface area contributed by atoms with Crippen molar-refractivity contribution < 1.29 is 0 Å². The van der Waals surface area contributed by atoms with Gasteiger partial charge in [0.25, 0.3) is 0 Å². The molecule has 0 aromatic heterocycles. The first kappa shape index (κ1) is 10.1. The third kappa shape index (κ3) is 6.98. The average molecular weight is 246 g/mol. The number of rotatable bonds is 2. The van der Waals surface area contributed by atoms with Crippen LogP contribution in [0.2, 0.25) is 8.35 Å². The molecular weight excluding hydrogens is 227 g/mol. The second kappa shape index (κ2) is 4.07. The molecule has 9 heavy (non-hydrogen) atoms. The Labute approximate surface area is 69.3 Å². The molecule has 0 nitrogen and oxygen atoms in total. The molecule has 0 saturated carbocycles. The summed E-state index contributed by atoms with van der Waals surface area (Å²) >= 11 is -0.782. The van der Waals surface area contributed by atoms with Gasteiger partial charge in [0.1, 0.15) is 0 Å². The second-order valence-electron chi connectivity index (χ2n) is 4.28. The maximum absolute atomic E-state index is 2.39. The quantitative estimate of drug-likeness (QED) is 0.646. The monoisotopic (exact) mass is 246 g/mol. The summed E-state index contributed by atoms with van der Waals surface area (Å²) in [5, 5.41) is 0. The second-order valence-corrected chi connectivity index (χ2v) is 25.0. The number of hydrogen-bond donors (Lipinski definition) is 0. The maximum atomic E-state index is 2.39. The van der Waals surface area contributed by atoms with Gasteiger partial charge in [-0.3, -0.25) is 0 Å². The predicted molar refractivity (Wildman–Crippen MR) is 50.4 cm³/mol. The Morgan fingerprint density at radius 1 is 1.33 bits per heavy atom. The van der Waals surface area contributed by atoms with Crippen molar-refractivity contribution in [3.8, 4) is 0 Å². The van der Waals surface area contributed by atoms with Crippen molar-refractivity contribution in [1.29, 1.82) is 0 Å². The molecule has 54 valence electrons. The summed E-state index contributed by atoms with van der Waals surface area (Å²) in [6.07, 6.45) is 0. The van der Waals surface area contributed by atoms with E-state index in [0.29, 0.717) is 5.41 Å². The molecule has 0 aromatic carbocycles. The van der Waals surface area contributed by atoms with Gasteiger partial charge >= 0.3 is 69.5 Å². The van der Waals surface area contributed by atoms with Crippen LogP contribution in [-0.4, -0.2) is 28.0 Å². The molecule has 0 atom stereocenters. The van der Waals surface area contributed by atoms with E-state index in [0.717, 1.165) is 0 Å². The minimum absolute atomic E-state index is 0.651. The van der Waals surface area contributed by atoms with Crippen molar-refractivity contribution in [1.82, 2.24) is 0 Å². The van der Waals surface area contributed by atoms with E-state index in [9.17, 15) is 0 Å². The van der Waals surface area contributed by atoms with Crippen LogP contribution in [-0.2, 0) is 0 Å². The summed E-state index contributed by atoms with van der Waals surface area (Å²) in [5.74, 6) is 0. The summed E-state index contributed by atoms with van der Waals surface area (Å²) < 4.78 is 3.21. The van der Waals surface area contributed by atoms with Gasteiger partial charge in [0.15, 0.2) is 0 Å². The van der Waals surface area contributed by atoms with Gasteiger partial charge in [0, 0.05) is 0 Å². The van der Waals surface area contributed by atoms with Crippen molar-refractivity contribution >= 4 is 28.0 Å². The SMILES string of the molecule is C[CH2][In]([SiH3])[CH2]C(C)(C)C. The molecule has 0 fully saturated rings. The zero-order valence-corrected chi connectivity index (χ0v) is 12.8. The van der Waals surface area contributed by atoms with E-state index in [1.165, 1.54) is 0 Å². The molecule has 0 radical (unpaired) electrons. The van der Waals surface area contributed by atoms with Gasteiger partial charge in [0.2, 0.25) is 0 Å². The zero-order valence-electron chi connectivity index (χ0n) is 7.49. The van der Waals surface area contributed by atoms with Gasteiger partial charge in [-0.05, 0) is 0 Å². The molecule has 0 aromatic rings. The Kier molecular flexibility index (Phi) is 4.56. The Morgan fingerprint density at radius 2 is 1.78 bits per heavy atom. The van der Waals surface area contributed by atoms with Crippen LogP contribution in [0.5, 0.6) is 0 Å². The summed E-state index contributed by atoms with van der Waals surface area (Å²) in [6, 6.07) is 0. The van der Waals surface area contributed by atoms with Crippen molar-refractivity contribution in [3.05, 3.63) is 0 Å². The Balaban J connectivity index is 3.47. The molecule has 0 spiro atoms. The normalized spacial score (nSPS) is 12.0. The molecule has 0 aliphatic carbocycles. The van der Waals surface area contributed by atoms with Gasteiger partial charge in [-0.2, -0.15) is 0 Å². The Bertz CT molecular complexity index is 75.5. The van der Waals surface area contributed by atoms with Crippen LogP contribution in [0, 0.1) is 5.41 Å². The summed E-state index contributed by atoms with van der Waals surface area (Å²) in [6.45, 7) is 9.53. The molecule has 0 amide bonds. The van der Waals surface area contributed by atoms with Crippen LogP contribution >= 0.6 is 0 Å². The molecule has 0 saturated heterocycles. The fraction of sp³-hybridized carbons (Fsp3) is 1.00. The number of hydrogen-bond acceptors (Lipinski definition) is 0. The first-order valence-corrected chi connectivity index (χ1v) is 19.7. The summed E-state index contributed by atoms with van der Waals surface area (Å²) in [7, 11) is 1.58. The molecule has 0 heterocycles. The minimum atomic E-state index is -0.782. The summed E-state index contributed by atoms with van der Waals surface area (Å²) in [5.41, 5.74) is 0.651. The van der Waals surface area contributed by atoms with Gasteiger partial charge in [0.05, 0.1) is 0 Å². The molecule has 0 unspecified atom stereocenters. The standard InChI is InChI=1S/C5H11.C2H5.In.H3Si/c1-5(2,3)4;1-2;;/h1H2,2-4H3;1H2,2H3;;1H3. The van der Waals surface area contributed by atoms with Crippen LogP contribution in [0.1, 0.15) is 27.7 Å². The first-order chi connectivity index (χ1) is 3.95. The average Bonchev–Trinajstić information content (AvgIpc) is 1.62. The van der Waals surface area contributed by atoms with Gasteiger partial charge in [-0.15, -0.1) is 0 Å².